The molecule has 1 spiro atoms. The summed E-state index contributed by atoms with van der Waals surface area (Å²) in [5.41, 5.74) is 13.8. The van der Waals surface area contributed by atoms with E-state index in [1.807, 2.05) is 10.6 Å². The van der Waals surface area contributed by atoms with Gasteiger partial charge < -0.3 is 26.2 Å². The van der Waals surface area contributed by atoms with Crippen LogP contribution >= 0.6 is 23.4 Å². The third-order valence-electron chi connectivity index (χ3n) is 6.76. The maximum Gasteiger partial charge on any atom is 0.171 e. The van der Waals surface area contributed by atoms with Gasteiger partial charge in [-0.1, -0.05) is 23.4 Å². The fraction of sp³-hybridized carbons (Fsp3) is 0.476. The predicted octanol–water partition coefficient (Wildman–Crippen LogP) is 2.34. The molecular weight excluding hydrogens is 450 g/mol. The fourth-order valence-corrected chi connectivity index (χ4v) is 5.98. The van der Waals surface area contributed by atoms with Gasteiger partial charge in [0.1, 0.15) is 18.0 Å². The van der Waals surface area contributed by atoms with E-state index in [4.69, 9.17) is 27.8 Å². The number of aliphatic hydroxyl groups is 1. The molecule has 3 aromatic heterocycles. The van der Waals surface area contributed by atoms with Crippen LogP contribution in [0.25, 0.3) is 5.65 Å². The molecule has 32 heavy (non-hydrogen) atoms. The zero-order valence-electron chi connectivity index (χ0n) is 17.7. The van der Waals surface area contributed by atoms with Crippen LogP contribution in [-0.4, -0.2) is 56.5 Å². The van der Waals surface area contributed by atoms with E-state index in [-0.39, 0.29) is 30.0 Å². The summed E-state index contributed by atoms with van der Waals surface area (Å²) in [5, 5.41) is 15.0. The van der Waals surface area contributed by atoms with E-state index in [0.717, 1.165) is 53.7 Å². The topological polar surface area (TPSA) is 128 Å². The molecule has 0 amide bonds. The van der Waals surface area contributed by atoms with Gasteiger partial charge in [-0.05, 0) is 37.5 Å². The summed E-state index contributed by atoms with van der Waals surface area (Å²) in [6.45, 7) is 4.31. The maximum atomic E-state index is 10.2. The highest BCUT2D eigenvalue weighted by Crippen LogP contribution is 2.43. The van der Waals surface area contributed by atoms with Gasteiger partial charge in [0.05, 0.1) is 29.2 Å². The third-order valence-corrected chi connectivity index (χ3v) is 8.47. The summed E-state index contributed by atoms with van der Waals surface area (Å²) in [6, 6.07) is 3.83. The summed E-state index contributed by atoms with van der Waals surface area (Å²) < 4.78 is 7.68. The van der Waals surface area contributed by atoms with Crippen molar-refractivity contribution in [3.8, 4) is 0 Å². The van der Waals surface area contributed by atoms with E-state index in [2.05, 4.69) is 26.9 Å². The average Bonchev–Trinajstić information content (AvgIpc) is 3.39. The van der Waals surface area contributed by atoms with Crippen LogP contribution in [0, 0.1) is 5.41 Å². The summed E-state index contributed by atoms with van der Waals surface area (Å²) in [6.07, 6.45) is 5.13. The molecule has 0 saturated carbocycles. The highest BCUT2D eigenvalue weighted by atomic mass is 35.5. The van der Waals surface area contributed by atoms with Crippen LogP contribution in [-0.2, 0) is 11.3 Å². The van der Waals surface area contributed by atoms with Gasteiger partial charge in [0.15, 0.2) is 5.65 Å². The molecule has 0 aromatic carbocycles. The molecule has 2 atom stereocenters. The number of ether oxygens (including phenoxy) is 1. The lowest BCUT2D eigenvalue weighted by atomic mass is 9.73. The minimum atomic E-state index is -0.134. The van der Waals surface area contributed by atoms with Gasteiger partial charge in [-0.15, -0.1) is 0 Å². The highest BCUT2D eigenvalue weighted by molar-refractivity contribution is 7.99. The van der Waals surface area contributed by atoms with E-state index >= 15 is 0 Å². The normalized spacial score (nSPS) is 22.8. The third kappa shape index (κ3) is 3.50. The van der Waals surface area contributed by atoms with Gasteiger partial charge in [-0.2, -0.15) is 9.61 Å². The van der Waals surface area contributed by atoms with Crippen molar-refractivity contribution in [2.45, 2.75) is 48.3 Å². The SMILES string of the molecule is CC1OCC2(CCN(c3cc(CO)c(Sc4ccnc(N)c4Cl)c4ncnn34)CC2)C1N. The lowest BCUT2D eigenvalue weighted by molar-refractivity contribution is 0.0974. The Labute approximate surface area is 195 Å². The number of hydrogen-bond donors (Lipinski definition) is 3. The lowest BCUT2D eigenvalue weighted by Crippen LogP contribution is -2.51. The van der Waals surface area contributed by atoms with Crippen LogP contribution < -0.4 is 16.4 Å². The van der Waals surface area contributed by atoms with E-state index in [9.17, 15) is 5.11 Å². The standard InChI is InChI=1S/C21H26ClN7O2S/c1-12-18(23)21(10-31-12)3-6-28(7-4-21)15-8-13(9-30)17(20-26-11-27-29(15)20)32-14-2-5-25-19(24)16(14)22/h2,5,8,11-12,18,30H,3-4,6-7,9-10,23H2,1H3,(H2,24,25). The fourth-order valence-electron chi connectivity index (χ4n) is 4.73. The van der Waals surface area contributed by atoms with E-state index in [1.165, 1.54) is 18.1 Å². The summed E-state index contributed by atoms with van der Waals surface area (Å²) in [4.78, 5) is 12.3. The highest BCUT2D eigenvalue weighted by Gasteiger charge is 2.47. The van der Waals surface area contributed by atoms with Crippen molar-refractivity contribution in [2.75, 3.05) is 30.3 Å². The first-order valence-corrected chi connectivity index (χ1v) is 11.8. The van der Waals surface area contributed by atoms with Crippen molar-refractivity contribution >= 4 is 40.6 Å². The van der Waals surface area contributed by atoms with Gasteiger partial charge in [-0.3, -0.25) is 0 Å². The number of aliphatic hydroxyl groups excluding tert-OH is 1. The number of nitrogens with zero attached hydrogens (tertiary/aromatic N) is 5. The van der Waals surface area contributed by atoms with Crippen LogP contribution in [0.3, 0.4) is 0 Å². The zero-order chi connectivity index (χ0) is 22.5. The molecule has 5 N–H and O–H groups in total. The molecule has 5 rings (SSSR count). The van der Waals surface area contributed by atoms with Gasteiger partial charge in [-0.25, -0.2) is 9.97 Å². The van der Waals surface area contributed by atoms with E-state index < -0.39 is 0 Å². The van der Waals surface area contributed by atoms with Crippen LogP contribution in [0.2, 0.25) is 5.02 Å². The van der Waals surface area contributed by atoms with Crippen molar-refractivity contribution in [2.24, 2.45) is 11.1 Å². The van der Waals surface area contributed by atoms with Crippen molar-refractivity contribution in [1.29, 1.82) is 0 Å². The second kappa shape index (κ2) is 8.35. The molecule has 2 saturated heterocycles. The summed E-state index contributed by atoms with van der Waals surface area (Å²) in [5.74, 6) is 1.17. The first-order valence-electron chi connectivity index (χ1n) is 10.6. The van der Waals surface area contributed by atoms with Crippen LogP contribution in [0.15, 0.2) is 34.4 Å². The Bertz CT molecular complexity index is 1150. The molecule has 170 valence electrons. The Hall–Kier alpha value is -2.11. The molecule has 0 radical (unpaired) electrons. The number of halogens is 1. The molecule has 11 heteroatoms. The quantitative estimate of drug-likeness (QED) is 0.520. The average molecular weight is 476 g/mol. The number of rotatable bonds is 4. The molecule has 0 bridgehead atoms. The molecule has 2 unspecified atom stereocenters. The lowest BCUT2D eigenvalue weighted by Gasteiger charge is -2.42. The summed E-state index contributed by atoms with van der Waals surface area (Å²) >= 11 is 7.75. The molecule has 0 aliphatic carbocycles. The number of nitrogen functional groups attached to an aromatic ring is 1. The second-order valence-corrected chi connectivity index (χ2v) is 9.94. The number of piperidine rings is 1. The molecular formula is C21H26ClN7O2S. The predicted molar refractivity (Wildman–Crippen MR) is 124 cm³/mol. The van der Waals surface area contributed by atoms with Crippen molar-refractivity contribution < 1.29 is 9.84 Å². The smallest absolute Gasteiger partial charge is 0.171 e. The van der Waals surface area contributed by atoms with Gasteiger partial charge in [0, 0.05) is 35.6 Å². The molecule has 2 aliphatic heterocycles. The Morgan fingerprint density at radius 2 is 2.12 bits per heavy atom. The molecule has 9 nitrogen and oxygen atoms in total. The molecule has 2 aliphatic rings. The first kappa shape index (κ1) is 21.7. The van der Waals surface area contributed by atoms with Crippen LogP contribution in [0.5, 0.6) is 0 Å². The van der Waals surface area contributed by atoms with Crippen molar-refractivity contribution in [3.05, 3.63) is 35.2 Å². The Morgan fingerprint density at radius 1 is 1.34 bits per heavy atom. The zero-order valence-corrected chi connectivity index (χ0v) is 19.3. The maximum absolute atomic E-state index is 10.2. The Kier molecular flexibility index (Phi) is 5.67. The molecule has 3 aromatic rings. The number of hydrogen-bond acceptors (Lipinski definition) is 9. The minimum Gasteiger partial charge on any atom is -0.392 e. The van der Waals surface area contributed by atoms with Gasteiger partial charge in [0.25, 0.3) is 0 Å². The van der Waals surface area contributed by atoms with E-state index in [1.54, 1.807) is 12.3 Å². The molecule has 5 heterocycles. The summed E-state index contributed by atoms with van der Waals surface area (Å²) in [7, 11) is 0. The number of fused-ring (bicyclic) bond motifs is 1. The van der Waals surface area contributed by atoms with Gasteiger partial charge >= 0.3 is 0 Å². The van der Waals surface area contributed by atoms with Crippen LogP contribution in [0.4, 0.5) is 11.6 Å². The number of nitrogens with two attached hydrogens (primary N) is 2. The number of aromatic nitrogens is 4. The van der Waals surface area contributed by atoms with Crippen molar-refractivity contribution in [1.82, 2.24) is 19.6 Å². The monoisotopic (exact) mass is 475 g/mol. The van der Waals surface area contributed by atoms with Crippen molar-refractivity contribution in [3.63, 3.8) is 0 Å². The number of pyridine rings is 2. The number of anilines is 2. The Balaban J connectivity index is 1.48. The molecule has 2 fully saturated rings. The van der Waals surface area contributed by atoms with Gasteiger partial charge in [0.2, 0.25) is 0 Å². The largest absolute Gasteiger partial charge is 0.392 e. The Morgan fingerprint density at radius 3 is 2.81 bits per heavy atom. The van der Waals surface area contributed by atoms with E-state index in [0.29, 0.717) is 10.7 Å². The second-order valence-electron chi connectivity index (χ2n) is 8.51. The minimum absolute atomic E-state index is 0.0328. The first-order chi connectivity index (χ1) is 15.4. The van der Waals surface area contributed by atoms with Crippen LogP contribution in [0.1, 0.15) is 25.3 Å².